The van der Waals surface area contributed by atoms with Gasteiger partial charge in [-0.15, -0.1) is 0 Å². The van der Waals surface area contributed by atoms with Gasteiger partial charge in [-0.1, -0.05) is 49.7 Å². The van der Waals surface area contributed by atoms with Gasteiger partial charge in [0.25, 0.3) is 0 Å². The molecule has 1 aliphatic heterocycles. The number of nitrogens with zero attached hydrogens (tertiary/aromatic N) is 3. The zero-order chi connectivity index (χ0) is 23.1. The van der Waals surface area contributed by atoms with Crippen molar-refractivity contribution in [3.63, 3.8) is 0 Å². The number of carbonyl (C=O) groups is 1. The lowest BCUT2D eigenvalue weighted by molar-refractivity contribution is -0.126. The van der Waals surface area contributed by atoms with E-state index in [0.29, 0.717) is 19.4 Å². The van der Waals surface area contributed by atoms with E-state index in [2.05, 4.69) is 35.1 Å². The average molecular weight is 479 g/mol. The number of nitrogens with one attached hydrogen (secondary N) is 1. The second kappa shape index (κ2) is 11.2. The Bertz CT molecular complexity index is 1020. The Labute approximate surface area is 195 Å². The maximum Gasteiger partial charge on any atom is 0.246 e. The first kappa shape index (κ1) is 24.6. The molecule has 1 aliphatic rings. The van der Waals surface area contributed by atoms with E-state index < -0.39 is 10.0 Å². The number of hydrogen-bond donors (Lipinski definition) is 1. The number of rotatable bonds is 9. The van der Waals surface area contributed by atoms with E-state index in [1.54, 1.807) is 6.07 Å². The summed E-state index contributed by atoms with van der Waals surface area (Å²) in [5.74, 6) is -0.236. The van der Waals surface area contributed by atoms with E-state index in [4.69, 9.17) is 11.6 Å². The molecule has 9 heteroatoms. The van der Waals surface area contributed by atoms with Crippen molar-refractivity contribution < 1.29 is 13.2 Å². The SMILES string of the molecule is CCN(CC)Cc1ccccc1CNC(=O)C1CCN(S(=O)(=O)c2cccnc2Cl)CC1. The largest absolute Gasteiger partial charge is 0.352 e. The highest BCUT2D eigenvalue weighted by molar-refractivity contribution is 7.89. The quantitative estimate of drug-likeness (QED) is 0.559. The number of sulfonamides is 1. The van der Waals surface area contributed by atoms with Gasteiger partial charge >= 0.3 is 0 Å². The molecule has 174 valence electrons. The Morgan fingerprint density at radius 3 is 2.41 bits per heavy atom. The van der Waals surface area contributed by atoms with Crippen molar-refractivity contribution in [2.24, 2.45) is 5.92 Å². The van der Waals surface area contributed by atoms with Gasteiger partial charge in [-0.05, 0) is 49.2 Å². The highest BCUT2D eigenvalue weighted by atomic mass is 35.5. The molecular formula is C23H31ClN4O3S. The minimum absolute atomic E-state index is 0.00868. The Balaban J connectivity index is 1.56. The number of pyridine rings is 1. The van der Waals surface area contributed by atoms with Crippen LogP contribution in [0.25, 0.3) is 0 Å². The molecule has 1 saturated heterocycles. The summed E-state index contributed by atoms with van der Waals surface area (Å²) in [6, 6.07) is 11.2. The van der Waals surface area contributed by atoms with Crippen LogP contribution < -0.4 is 5.32 Å². The summed E-state index contributed by atoms with van der Waals surface area (Å²) < 4.78 is 27.1. The highest BCUT2D eigenvalue weighted by Gasteiger charge is 2.33. The molecule has 0 radical (unpaired) electrons. The molecule has 2 aromatic rings. The number of aromatic nitrogens is 1. The van der Waals surface area contributed by atoms with Crippen LogP contribution in [0.1, 0.15) is 37.8 Å². The molecule has 1 fully saturated rings. The van der Waals surface area contributed by atoms with Crippen molar-refractivity contribution in [3.8, 4) is 0 Å². The van der Waals surface area contributed by atoms with Crippen LogP contribution in [0.3, 0.4) is 0 Å². The molecule has 0 atom stereocenters. The molecule has 3 rings (SSSR count). The molecule has 0 unspecified atom stereocenters. The normalized spacial score (nSPS) is 15.8. The summed E-state index contributed by atoms with van der Waals surface area (Å²) in [4.78, 5) is 19.0. The minimum Gasteiger partial charge on any atom is -0.352 e. The molecule has 1 aromatic carbocycles. The summed E-state index contributed by atoms with van der Waals surface area (Å²) in [6.45, 7) is 8.12. The summed E-state index contributed by atoms with van der Waals surface area (Å²) in [6.07, 6.45) is 2.41. The van der Waals surface area contributed by atoms with Crippen molar-refractivity contribution in [1.29, 1.82) is 0 Å². The van der Waals surface area contributed by atoms with E-state index in [1.165, 1.54) is 22.1 Å². The van der Waals surface area contributed by atoms with E-state index in [1.807, 2.05) is 18.2 Å². The lowest BCUT2D eigenvalue weighted by Gasteiger charge is -2.30. The Hall–Kier alpha value is -2.00. The first-order chi connectivity index (χ1) is 15.4. The Morgan fingerprint density at radius 2 is 1.78 bits per heavy atom. The molecule has 1 aromatic heterocycles. The molecule has 0 spiro atoms. The van der Waals surface area contributed by atoms with Gasteiger partial charge in [0.2, 0.25) is 15.9 Å². The van der Waals surface area contributed by atoms with Crippen LogP contribution in [0.15, 0.2) is 47.5 Å². The van der Waals surface area contributed by atoms with Crippen LogP contribution in [0.2, 0.25) is 5.15 Å². The highest BCUT2D eigenvalue weighted by Crippen LogP contribution is 2.27. The van der Waals surface area contributed by atoms with E-state index in [0.717, 1.165) is 25.2 Å². The predicted octanol–water partition coefficient (Wildman–Crippen LogP) is 3.29. The lowest BCUT2D eigenvalue weighted by Crippen LogP contribution is -2.43. The van der Waals surface area contributed by atoms with Gasteiger partial charge in [-0.25, -0.2) is 13.4 Å². The fourth-order valence-corrected chi connectivity index (χ4v) is 5.86. The molecular weight excluding hydrogens is 448 g/mol. The summed E-state index contributed by atoms with van der Waals surface area (Å²) >= 11 is 5.99. The van der Waals surface area contributed by atoms with Crippen LogP contribution in [0, 0.1) is 5.92 Å². The monoisotopic (exact) mass is 478 g/mol. The van der Waals surface area contributed by atoms with Gasteiger partial charge in [0.05, 0.1) is 0 Å². The fourth-order valence-electron chi connectivity index (χ4n) is 3.96. The van der Waals surface area contributed by atoms with Crippen LogP contribution >= 0.6 is 11.6 Å². The van der Waals surface area contributed by atoms with Gasteiger partial charge in [0.1, 0.15) is 10.0 Å². The second-order valence-corrected chi connectivity index (χ2v) is 10.2. The smallest absolute Gasteiger partial charge is 0.246 e. The first-order valence-electron chi connectivity index (χ1n) is 11.0. The van der Waals surface area contributed by atoms with Crippen molar-refractivity contribution in [2.45, 2.75) is 44.7 Å². The zero-order valence-corrected chi connectivity index (χ0v) is 20.2. The Kier molecular flexibility index (Phi) is 8.64. The number of halogens is 1. The molecule has 0 bridgehead atoms. The molecule has 7 nitrogen and oxygen atoms in total. The maximum absolute atomic E-state index is 12.9. The van der Waals surface area contributed by atoms with Gasteiger partial charge in [0, 0.05) is 38.3 Å². The minimum atomic E-state index is -3.72. The second-order valence-electron chi connectivity index (χ2n) is 7.92. The average Bonchev–Trinajstić information content (AvgIpc) is 2.81. The summed E-state index contributed by atoms with van der Waals surface area (Å²) in [5, 5.41) is 3.02. The zero-order valence-electron chi connectivity index (χ0n) is 18.6. The number of amides is 1. The summed E-state index contributed by atoms with van der Waals surface area (Å²) in [5.41, 5.74) is 2.32. The maximum atomic E-state index is 12.9. The summed E-state index contributed by atoms with van der Waals surface area (Å²) in [7, 11) is -3.72. The molecule has 1 amide bonds. The van der Waals surface area contributed by atoms with Crippen molar-refractivity contribution in [3.05, 3.63) is 58.9 Å². The predicted molar refractivity (Wildman–Crippen MR) is 126 cm³/mol. The molecule has 0 saturated carbocycles. The van der Waals surface area contributed by atoms with Crippen molar-refractivity contribution >= 4 is 27.5 Å². The standard InChI is InChI=1S/C23H31ClN4O3S/c1-3-27(4-2)17-20-9-6-5-8-19(20)16-26-23(29)18-11-14-28(15-12-18)32(30,31)21-10-7-13-25-22(21)24/h5-10,13,18H,3-4,11-12,14-17H2,1-2H3,(H,26,29). The lowest BCUT2D eigenvalue weighted by atomic mass is 9.97. The fraction of sp³-hybridized carbons (Fsp3) is 0.478. The Morgan fingerprint density at radius 1 is 1.12 bits per heavy atom. The topological polar surface area (TPSA) is 82.6 Å². The van der Waals surface area contributed by atoms with Gasteiger partial charge in [-0.3, -0.25) is 9.69 Å². The van der Waals surface area contributed by atoms with Gasteiger partial charge < -0.3 is 5.32 Å². The van der Waals surface area contributed by atoms with Gasteiger partial charge in [-0.2, -0.15) is 4.31 Å². The number of hydrogen-bond acceptors (Lipinski definition) is 5. The number of benzene rings is 1. The third-order valence-electron chi connectivity index (χ3n) is 6.03. The van der Waals surface area contributed by atoms with Crippen molar-refractivity contribution in [1.82, 2.24) is 19.5 Å². The number of carbonyl (C=O) groups excluding carboxylic acids is 1. The van der Waals surface area contributed by atoms with Crippen LogP contribution in [-0.2, 0) is 27.9 Å². The van der Waals surface area contributed by atoms with Crippen molar-refractivity contribution in [2.75, 3.05) is 26.2 Å². The van der Waals surface area contributed by atoms with E-state index >= 15 is 0 Å². The van der Waals surface area contributed by atoms with E-state index in [-0.39, 0.29) is 35.0 Å². The van der Waals surface area contributed by atoms with Crippen LogP contribution in [0.5, 0.6) is 0 Å². The van der Waals surface area contributed by atoms with E-state index in [9.17, 15) is 13.2 Å². The third kappa shape index (κ3) is 5.86. The van der Waals surface area contributed by atoms with Gasteiger partial charge in [0.15, 0.2) is 0 Å². The molecule has 1 N–H and O–H groups in total. The molecule has 32 heavy (non-hydrogen) atoms. The van der Waals surface area contributed by atoms with Crippen LogP contribution in [0.4, 0.5) is 0 Å². The first-order valence-corrected chi connectivity index (χ1v) is 12.9. The molecule has 2 heterocycles. The molecule has 0 aliphatic carbocycles. The third-order valence-corrected chi connectivity index (χ3v) is 8.37. The number of piperidine rings is 1. The van der Waals surface area contributed by atoms with Crippen LogP contribution in [-0.4, -0.2) is 54.7 Å².